The van der Waals surface area contributed by atoms with E-state index in [4.69, 9.17) is 5.84 Å². The number of anilines is 1. The third-order valence-electron chi connectivity index (χ3n) is 3.15. The largest absolute Gasteiger partial charge is 0.347 e. The molecule has 0 aliphatic carbocycles. The molecule has 0 bridgehead atoms. The Morgan fingerprint density at radius 2 is 2.05 bits per heavy atom. The van der Waals surface area contributed by atoms with Gasteiger partial charge in [-0.15, -0.1) is 0 Å². The van der Waals surface area contributed by atoms with Crippen molar-refractivity contribution in [1.29, 1.82) is 0 Å². The van der Waals surface area contributed by atoms with Gasteiger partial charge in [0.1, 0.15) is 11.6 Å². The maximum atomic E-state index is 12.3. The molecule has 0 aliphatic heterocycles. The second kappa shape index (κ2) is 5.59. The number of amides is 1. The molecule has 0 radical (unpaired) electrons. The molecule has 2 aromatic heterocycles. The lowest BCUT2D eigenvalue weighted by molar-refractivity contribution is 0.0951. The molecule has 2 heterocycles. The predicted molar refractivity (Wildman–Crippen MR) is 79.3 cm³/mol. The average molecular weight is 282 g/mol. The number of carbonyl (C=O) groups is 1. The summed E-state index contributed by atoms with van der Waals surface area (Å²) in [6.07, 6.45) is 4.86. The molecule has 7 nitrogen and oxygen atoms in total. The van der Waals surface area contributed by atoms with Gasteiger partial charge in [-0.3, -0.25) is 4.79 Å². The van der Waals surface area contributed by atoms with Crippen LogP contribution in [-0.4, -0.2) is 20.9 Å². The van der Waals surface area contributed by atoms with E-state index in [1.165, 1.54) is 6.20 Å². The number of nitrogens with one attached hydrogen (secondary N) is 3. The van der Waals surface area contributed by atoms with Crippen LogP contribution in [0.5, 0.6) is 0 Å². The van der Waals surface area contributed by atoms with Crippen molar-refractivity contribution in [2.24, 2.45) is 5.84 Å². The van der Waals surface area contributed by atoms with Crippen molar-refractivity contribution in [2.45, 2.75) is 6.54 Å². The van der Waals surface area contributed by atoms with Crippen LogP contribution in [0, 0.1) is 0 Å². The number of H-pyrrole nitrogens is 1. The molecule has 21 heavy (non-hydrogen) atoms. The number of nitrogens with zero attached hydrogens (tertiary/aromatic N) is 2. The van der Waals surface area contributed by atoms with E-state index in [1.807, 2.05) is 24.3 Å². The van der Waals surface area contributed by atoms with E-state index in [2.05, 4.69) is 25.7 Å². The van der Waals surface area contributed by atoms with Crippen LogP contribution in [0.4, 0.5) is 5.82 Å². The molecule has 3 rings (SSSR count). The Balaban J connectivity index is 1.91. The van der Waals surface area contributed by atoms with Gasteiger partial charge in [0.15, 0.2) is 0 Å². The Morgan fingerprint density at radius 3 is 2.76 bits per heavy atom. The summed E-state index contributed by atoms with van der Waals surface area (Å²) in [6, 6.07) is 7.46. The van der Waals surface area contributed by atoms with Crippen molar-refractivity contribution in [1.82, 2.24) is 20.3 Å². The highest BCUT2D eigenvalue weighted by atomic mass is 16.1. The number of hydrogen-bond acceptors (Lipinski definition) is 5. The van der Waals surface area contributed by atoms with E-state index >= 15 is 0 Å². The molecular weight excluding hydrogens is 268 g/mol. The minimum Gasteiger partial charge on any atom is -0.347 e. The number of nitrogens with two attached hydrogens (primary N) is 1. The van der Waals surface area contributed by atoms with Crippen molar-refractivity contribution in [3.05, 3.63) is 54.2 Å². The first-order valence-corrected chi connectivity index (χ1v) is 6.40. The summed E-state index contributed by atoms with van der Waals surface area (Å²) >= 11 is 0. The number of imidazole rings is 1. The van der Waals surface area contributed by atoms with Gasteiger partial charge in [0, 0.05) is 24.0 Å². The van der Waals surface area contributed by atoms with E-state index in [0.717, 1.165) is 10.8 Å². The van der Waals surface area contributed by atoms with Crippen LogP contribution >= 0.6 is 0 Å². The molecule has 106 valence electrons. The maximum Gasteiger partial charge on any atom is 0.253 e. The first-order chi connectivity index (χ1) is 10.3. The smallest absolute Gasteiger partial charge is 0.253 e. The molecular formula is C14H14N6O. The number of nitrogen functional groups attached to an aromatic ring is 1. The standard InChI is InChI=1S/C14H14N6O/c15-20-13-10-4-2-1-3-9(10)11(7-18-13)14(21)19-8-12-16-5-6-17-12/h1-7H,8,15H2,(H,16,17)(H,18,20)(H,19,21). The van der Waals surface area contributed by atoms with E-state index in [1.54, 1.807) is 12.4 Å². The van der Waals surface area contributed by atoms with Crippen molar-refractivity contribution >= 4 is 22.5 Å². The number of hydrazine groups is 1. The minimum atomic E-state index is -0.210. The fourth-order valence-electron chi connectivity index (χ4n) is 2.14. The normalized spacial score (nSPS) is 10.5. The topological polar surface area (TPSA) is 109 Å². The van der Waals surface area contributed by atoms with Crippen LogP contribution in [-0.2, 0) is 6.54 Å². The van der Waals surface area contributed by atoms with Crippen LogP contribution in [0.15, 0.2) is 42.9 Å². The number of pyridine rings is 1. The predicted octanol–water partition coefficient (Wildman–Crippen LogP) is 1.17. The first kappa shape index (κ1) is 13.1. The maximum absolute atomic E-state index is 12.3. The first-order valence-electron chi connectivity index (χ1n) is 6.40. The molecule has 3 aromatic rings. The van der Waals surface area contributed by atoms with Gasteiger partial charge in [-0.2, -0.15) is 0 Å². The summed E-state index contributed by atoms with van der Waals surface area (Å²) in [5.41, 5.74) is 3.03. The molecule has 0 saturated carbocycles. The SMILES string of the molecule is NNc1ncc(C(=O)NCc2ncc[nH]2)c2ccccc12. The Bertz CT molecular complexity index is 768. The second-order valence-corrected chi connectivity index (χ2v) is 4.43. The van der Waals surface area contributed by atoms with Crippen molar-refractivity contribution in [2.75, 3.05) is 5.43 Å². The highest BCUT2D eigenvalue weighted by Crippen LogP contribution is 2.23. The number of hydrogen-bond donors (Lipinski definition) is 4. The van der Waals surface area contributed by atoms with Gasteiger partial charge in [-0.1, -0.05) is 24.3 Å². The van der Waals surface area contributed by atoms with E-state index < -0.39 is 0 Å². The third-order valence-corrected chi connectivity index (χ3v) is 3.15. The van der Waals surface area contributed by atoms with Gasteiger partial charge in [0.25, 0.3) is 5.91 Å². The van der Waals surface area contributed by atoms with Crippen molar-refractivity contribution in [3.63, 3.8) is 0 Å². The zero-order valence-electron chi connectivity index (χ0n) is 11.1. The molecule has 0 saturated heterocycles. The van der Waals surface area contributed by atoms with Crippen LogP contribution in [0.1, 0.15) is 16.2 Å². The number of aromatic nitrogens is 3. The summed E-state index contributed by atoms with van der Waals surface area (Å²) in [6.45, 7) is 0.330. The second-order valence-electron chi connectivity index (χ2n) is 4.43. The summed E-state index contributed by atoms with van der Waals surface area (Å²) in [7, 11) is 0. The molecule has 7 heteroatoms. The number of aromatic amines is 1. The Labute approximate surface area is 120 Å². The summed E-state index contributed by atoms with van der Waals surface area (Å²) < 4.78 is 0. The molecule has 1 aromatic carbocycles. The molecule has 0 aliphatic rings. The Morgan fingerprint density at radius 1 is 1.24 bits per heavy atom. The Kier molecular flexibility index (Phi) is 3.48. The molecule has 0 unspecified atom stereocenters. The average Bonchev–Trinajstić information content (AvgIpc) is 3.05. The number of carbonyl (C=O) groups excluding carboxylic acids is 1. The lowest BCUT2D eigenvalue weighted by Crippen LogP contribution is -2.24. The van der Waals surface area contributed by atoms with Crippen molar-refractivity contribution in [3.8, 4) is 0 Å². The van der Waals surface area contributed by atoms with E-state index in [0.29, 0.717) is 23.8 Å². The summed E-state index contributed by atoms with van der Waals surface area (Å²) in [5.74, 6) is 6.46. The lowest BCUT2D eigenvalue weighted by atomic mass is 10.1. The van der Waals surface area contributed by atoms with Gasteiger partial charge in [-0.05, 0) is 5.39 Å². The molecule has 0 fully saturated rings. The summed E-state index contributed by atoms with van der Waals surface area (Å²) in [5, 5.41) is 4.39. The zero-order valence-corrected chi connectivity index (χ0v) is 11.1. The van der Waals surface area contributed by atoms with Crippen molar-refractivity contribution < 1.29 is 4.79 Å². The fraction of sp³-hybridized carbons (Fsp3) is 0.0714. The van der Waals surface area contributed by atoms with Gasteiger partial charge in [0.05, 0.1) is 12.1 Å². The molecule has 0 atom stereocenters. The fourth-order valence-corrected chi connectivity index (χ4v) is 2.14. The monoisotopic (exact) mass is 282 g/mol. The quantitative estimate of drug-likeness (QED) is 0.424. The van der Waals surface area contributed by atoms with Gasteiger partial charge in [0.2, 0.25) is 0 Å². The third kappa shape index (κ3) is 2.54. The lowest BCUT2D eigenvalue weighted by Gasteiger charge is -2.09. The number of rotatable bonds is 4. The van der Waals surface area contributed by atoms with Gasteiger partial charge in [-0.25, -0.2) is 15.8 Å². The van der Waals surface area contributed by atoms with Crippen LogP contribution < -0.4 is 16.6 Å². The molecule has 1 amide bonds. The number of fused-ring (bicyclic) bond motifs is 1. The highest BCUT2D eigenvalue weighted by Gasteiger charge is 2.13. The van der Waals surface area contributed by atoms with Crippen LogP contribution in [0.25, 0.3) is 10.8 Å². The molecule has 0 spiro atoms. The van der Waals surface area contributed by atoms with E-state index in [-0.39, 0.29) is 5.91 Å². The highest BCUT2D eigenvalue weighted by molar-refractivity contribution is 6.09. The summed E-state index contributed by atoms with van der Waals surface area (Å²) in [4.78, 5) is 23.5. The van der Waals surface area contributed by atoms with E-state index in [9.17, 15) is 4.79 Å². The number of benzene rings is 1. The molecule has 5 N–H and O–H groups in total. The van der Waals surface area contributed by atoms with Gasteiger partial charge < -0.3 is 15.7 Å². The van der Waals surface area contributed by atoms with Crippen LogP contribution in [0.2, 0.25) is 0 Å². The Hall–Kier alpha value is -2.93. The minimum absolute atomic E-state index is 0.210. The zero-order chi connectivity index (χ0) is 14.7. The van der Waals surface area contributed by atoms with Gasteiger partial charge >= 0.3 is 0 Å². The van der Waals surface area contributed by atoms with Crippen LogP contribution in [0.3, 0.4) is 0 Å².